The van der Waals surface area contributed by atoms with Crippen molar-refractivity contribution in [1.29, 1.82) is 0 Å². The number of nitrogens with one attached hydrogen (secondary N) is 1. The van der Waals surface area contributed by atoms with Crippen LogP contribution in [0.15, 0.2) is 0 Å². The maximum Gasteiger partial charge on any atom is 0.240 e. The fourth-order valence-electron chi connectivity index (χ4n) is 2.12. The van der Waals surface area contributed by atoms with Crippen LogP contribution in [-0.4, -0.2) is 30.9 Å². The summed E-state index contributed by atoms with van der Waals surface area (Å²) in [5.74, 6) is 5.90. The van der Waals surface area contributed by atoms with Crippen molar-refractivity contribution < 1.29 is 4.79 Å². The molecule has 0 spiro atoms. The molecule has 4 nitrogen and oxygen atoms in total. The number of nitrogens with two attached hydrogens (primary N) is 1. The van der Waals surface area contributed by atoms with Crippen molar-refractivity contribution in [2.75, 3.05) is 20.1 Å². The summed E-state index contributed by atoms with van der Waals surface area (Å²) in [6.45, 7) is 5.70. The summed E-state index contributed by atoms with van der Waals surface area (Å²) in [5.41, 5.74) is 1.82. The molecule has 15 heavy (non-hydrogen) atoms. The number of hydrogen-bond donors (Lipinski definition) is 2. The second kappa shape index (κ2) is 4.94. The van der Waals surface area contributed by atoms with Gasteiger partial charge in [0, 0.05) is 13.1 Å². The smallest absolute Gasteiger partial charge is 0.240 e. The Bertz CT molecular complexity index is 224. The number of hydrogen-bond acceptors (Lipinski definition) is 3. The molecule has 0 radical (unpaired) electrons. The van der Waals surface area contributed by atoms with E-state index in [4.69, 9.17) is 5.84 Å². The largest absolute Gasteiger partial charge is 0.305 e. The highest BCUT2D eigenvalue weighted by molar-refractivity contribution is 5.81. The van der Waals surface area contributed by atoms with Gasteiger partial charge in [-0.15, -0.1) is 0 Å². The van der Waals surface area contributed by atoms with Crippen LogP contribution >= 0.6 is 0 Å². The summed E-state index contributed by atoms with van der Waals surface area (Å²) in [6.07, 6.45) is 4.05. The van der Waals surface area contributed by atoms with Gasteiger partial charge in [-0.25, -0.2) is 5.84 Å². The summed E-state index contributed by atoms with van der Waals surface area (Å²) in [4.78, 5) is 13.7. The van der Waals surface area contributed by atoms with E-state index in [1.54, 1.807) is 0 Å². The number of carbonyl (C=O) groups excluding carboxylic acids is 1. The first-order chi connectivity index (χ1) is 6.95. The van der Waals surface area contributed by atoms with E-state index >= 15 is 0 Å². The van der Waals surface area contributed by atoms with E-state index in [0.29, 0.717) is 0 Å². The fourth-order valence-corrected chi connectivity index (χ4v) is 2.12. The summed E-state index contributed by atoms with van der Waals surface area (Å²) in [6, 6.07) is 0. The summed E-state index contributed by atoms with van der Waals surface area (Å²) >= 11 is 0. The maximum atomic E-state index is 11.5. The maximum absolute atomic E-state index is 11.5. The van der Waals surface area contributed by atoms with Crippen molar-refractivity contribution in [3.8, 4) is 0 Å². The van der Waals surface area contributed by atoms with E-state index in [9.17, 15) is 4.79 Å². The molecule has 1 aliphatic carbocycles. The van der Waals surface area contributed by atoms with Crippen molar-refractivity contribution in [1.82, 2.24) is 10.3 Å². The molecule has 1 aliphatic rings. The minimum absolute atomic E-state index is 0.0945. The van der Waals surface area contributed by atoms with Crippen LogP contribution in [0.3, 0.4) is 0 Å². The van der Waals surface area contributed by atoms with Crippen molar-refractivity contribution in [3.05, 3.63) is 0 Å². The molecule has 0 aromatic heterocycles. The Kier molecular flexibility index (Phi) is 4.11. The summed E-state index contributed by atoms with van der Waals surface area (Å²) < 4.78 is 0. The van der Waals surface area contributed by atoms with E-state index in [0.717, 1.165) is 19.0 Å². The molecule has 88 valence electrons. The van der Waals surface area contributed by atoms with E-state index in [2.05, 4.69) is 17.4 Å². The number of carbonyl (C=O) groups is 1. The molecule has 4 heteroatoms. The predicted octanol–water partition coefficient (Wildman–Crippen LogP) is 0.734. The second-order valence-corrected chi connectivity index (χ2v) is 5.35. The molecular weight excluding hydrogens is 190 g/mol. The Balaban J connectivity index is 2.34. The predicted molar refractivity (Wildman–Crippen MR) is 60.9 cm³/mol. The third-order valence-electron chi connectivity index (χ3n) is 3.21. The Morgan fingerprint density at radius 1 is 1.53 bits per heavy atom. The lowest BCUT2D eigenvalue weighted by Crippen LogP contribution is -2.47. The number of hydrazine groups is 1. The highest BCUT2D eigenvalue weighted by atomic mass is 16.2. The first-order valence-corrected chi connectivity index (χ1v) is 5.65. The van der Waals surface area contributed by atoms with Gasteiger partial charge in [-0.2, -0.15) is 0 Å². The van der Waals surface area contributed by atoms with Crippen LogP contribution in [-0.2, 0) is 4.79 Å². The Hall–Kier alpha value is -0.610. The lowest BCUT2D eigenvalue weighted by Gasteiger charge is -2.34. The normalized spacial score (nSPS) is 17.7. The first-order valence-electron chi connectivity index (χ1n) is 5.65. The van der Waals surface area contributed by atoms with Gasteiger partial charge in [0.25, 0.3) is 0 Å². The summed E-state index contributed by atoms with van der Waals surface area (Å²) in [5, 5.41) is 0. The van der Waals surface area contributed by atoms with Gasteiger partial charge in [-0.05, 0) is 39.7 Å². The highest BCUT2D eigenvalue weighted by Crippen LogP contribution is 2.27. The van der Waals surface area contributed by atoms with Crippen LogP contribution in [0.1, 0.15) is 33.1 Å². The molecule has 0 aromatic carbocycles. The average molecular weight is 213 g/mol. The quantitative estimate of drug-likeness (QED) is 0.402. The topological polar surface area (TPSA) is 58.4 Å². The van der Waals surface area contributed by atoms with E-state index in [1.807, 2.05) is 13.8 Å². The van der Waals surface area contributed by atoms with Crippen molar-refractivity contribution in [3.63, 3.8) is 0 Å². The molecule has 0 saturated heterocycles. The number of rotatable bonds is 5. The molecule has 0 aliphatic heterocycles. The fraction of sp³-hybridized carbons (Fsp3) is 0.909. The minimum atomic E-state index is -0.409. The zero-order valence-electron chi connectivity index (χ0n) is 10.0. The van der Waals surface area contributed by atoms with Crippen molar-refractivity contribution in [2.45, 2.75) is 33.1 Å². The molecule has 3 N–H and O–H groups in total. The zero-order valence-corrected chi connectivity index (χ0v) is 10.0. The molecule has 0 bridgehead atoms. The Labute approximate surface area is 92.2 Å². The third-order valence-corrected chi connectivity index (χ3v) is 3.21. The van der Waals surface area contributed by atoms with Gasteiger partial charge < -0.3 is 4.90 Å². The monoisotopic (exact) mass is 213 g/mol. The molecule has 1 fully saturated rings. The average Bonchev–Trinajstić information content (AvgIpc) is 2.09. The standard InChI is InChI=1S/C11H23N3O/c1-11(2,10(15)13-12)8-14(3)7-9-5-4-6-9/h9H,4-8,12H2,1-3H3,(H,13,15). The molecule has 0 heterocycles. The van der Waals surface area contributed by atoms with Gasteiger partial charge in [0.05, 0.1) is 5.41 Å². The molecule has 1 amide bonds. The van der Waals surface area contributed by atoms with E-state index in [1.165, 1.54) is 19.3 Å². The molecule has 0 unspecified atom stereocenters. The van der Waals surface area contributed by atoms with E-state index < -0.39 is 5.41 Å². The lowest BCUT2D eigenvalue weighted by molar-refractivity contribution is -0.130. The first kappa shape index (κ1) is 12.5. The highest BCUT2D eigenvalue weighted by Gasteiger charge is 2.29. The van der Waals surface area contributed by atoms with Crippen LogP contribution in [0.25, 0.3) is 0 Å². The van der Waals surface area contributed by atoms with Gasteiger partial charge in [0.1, 0.15) is 0 Å². The lowest BCUT2D eigenvalue weighted by atomic mass is 9.84. The minimum Gasteiger partial charge on any atom is -0.305 e. The molecule has 1 rings (SSSR count). The van der Waals surface area contributed by atoms with Gasteiger partial charge >= 0.3 is 0 Å². The van der Waals surface area contributed by atoms with E-state index in [-0.39, 0.29) is 5.91 Å². The Morgan fingerprint density at radius 3 is 2.53 bits per heavy atom. The molecule has 0 aromatic rings. The number of amides is 1. The van der Waals surface area contributed by atoms with Crippen molar-refractivity contribution >= 4 is 5.91 Å². The van der Waals surface area contributed by atoms with Gasteiger partial charge in [0.15, 0.2) is 0 Å². The SMILES string of the molecule is CN(CC1CCC1)CC(C)(C)C(=O)NN. The van der Waals surface area contributed by atoms with Crippen molar-refractivity contribution in [2.24, 2.45) is 17.2 Å². The van der Waals surface area contributed by atoms with Crippen LogP contribution < -0.4 is 11.3 Å². The Morgan fingerprint density at radius 2 is 2.13 bits per heavy atom. The van der Waals surface area contributed by atoms with Gasteiger partial charge in [-0.3, -0.25) is 10.2 Å². The molecule has 1 saturated carbocycles. The van der Waals surface area contributed by atoms with Gasteiger partial charge in [0.2, 0.25) is 5.91 Å². The molecular formula is C11H23N3O. The second-order valence-electron chi connectivity index (χ2n) is 5.35. The molecule has 0 atom stereocenters. The zero-order chi connectivity index (χ0) is 11.5. The van der Waals surface area contributed by atoms with Crippen LogP contribution in [0.5, 0.6) is 0 Å². The third kappa shape index (κ3) is 3.47. The van der Waals surface area contributed by atoms with Gasteiger partial charge in [-0.1, -0.05) is 6.42 Å². The summed E-state index contributed by atoms with van der Waals surface area (Å²) in [7, 11) is 2.07. The van der Waals surface area contributed by atoms with Crippen LogP contribution in [0.4, 0.5) is 0 Å². The van der Waals surface area contributed by atoms with Crippen LogP contribution in [0.2, 0.25) is 0 Å². The number of nitrogens with zero attached hydrogens (tertiary/aromatic N) is 1. The van der Waals surface area contributed by atoms with Crippen LogP contribution in [0, 0.1) is 11.3 Å².